The third kappa shape index (κ3) is 5.33. The van der Waals surface area contributed by atoms with Crippen LogP contribution in [-0.4, -0.2) is 32.3 Å². The van der Waals surface area contributed by atoms with E-state index in [2.05, 4.69) is 15.6 Å². The molecule has 4 rings (SSSR count). The van der Waals surface area contributed by atoms with Crippen molar-refractivity contribution in [3.8, 4) is 5.69 Å². The lowest BCUT2D eigenvalue weighted by molar-refractivity contribution is -0.123. The number of rotatable bonds is 8. The van der Waals surface area contributed by atoms with Crippen LogP contribution in [0.25, 0.3) is 5.69 Å². The summed E-state index contributed by atoms with van der Waals surface area (Å²) in [5.74, 6) is -1.33. The second-order valence-corrected chi connectivity index (χ2v) is 8.71. The number of thiazole rings is 1. The molecule has 1 amide bonds. The van der Waals surface area contributed by atoms with Crippen LogP contribution < -0.4 is 16.2 Å². The molecule has 1 atom stereocenters. The van der Waals surface area contributed by atoms with Crippen molar-refractivity contribution in [2.24, 2.45) is 7.05 Å². The van der Waals surface area contributed by atoms with Gasteiger partial charge in [-0.2, -0.15) is 0 Å². The van der Waals surface area contributed by atoms with Gasteiger partial charge in [-0.15, -0.1) is 11.3 Å². The number of benzene rings is 2. The Labute approximate surface area is 206 Å². The van der Waals surface area contributed by atoms with Crippen LogP contribution in [-0.2, 0) is 23.1 Å². The number of hydrogen-bond acceptors (Lipinski definition) is 7. The van der Waals surface area contributed by atoms with Gasteiger partial charge in [-0.25, -0.2) is 14.5 Å². The summed E-state index contributed by atoms with van der Waals surface area (Å²) < 4.78 is 8.41. The molecule has 0 aliphatic heterocycles. The van der Waals surface area contributed by atoms with Gasteiger partial charge in [-0.3, -0.25) is 14.3 Å². The zero-order chi connectivity index (χ0) is 24.9. The lowest BCUT2D eigenvalue weighted by atomic mass is 10.2. The van der Waals surface area contributed by atoms with E-state index >= 15 is 0 Å². The lowest BCUT2D eigenvalue weighted by Crippen LogP contribution is -2.32. The van der Waals surface area contributed by atoms with Crippen LogP contribution in [0.5, 0.6) is 0 Å². The summed E-state index contributed by atoms with van der Waals surface area (Å²) in [6.45, 7) is 3.74. The van der Waals surface area contributed by atoms with Gasteiger partial charge < -0.3 is 15.4 Å². The number of para-hydroxylation sites is 1. The minimum Gasteiger partial charge on any atom is -0.448 e. The molecule has 9 nitrogen and oxygen atoms in total. The molecule has 35 heavy (non-hydrogen) atoms. The van der Waals surface area contributed by atoms with Crippen molar-refractivity contribution in [3.63, 3.8) is 0 Å². The molecular weight excluding hydrogens is 466 g/mol. The first kappa shape index (κ1) is 24.0. The smallest absolute Gasteiger partial charge is 0.358 e. The predicted octanol–water partition coefficient (Wildman–Crippen LogP) is 3.74. The van der Waals surface area contributed by atoms with Gasteiger partial charge in [0.05, 0.1) is 11.4 Å². The molecule has 0 bridgehead atoms. The van der Waals surface area contributed by atoms with Crippen LogP contribution in [0.4, 0.5) is 10.8 Å². The van der Waals surface area contributed by atoms with Crippen molar-refractivity contribution < 1.29 is 14.3 Å². The molecule has 2 N–H and O–H groups in total. The number of aromatic nitrogens is 3. The van der Waals surface area contributed by atoms with Gasteiger partial charge in [-0.05, 0) is 31.5 Å². The molecule has 0 unspecified atom stereocenters. The molecule has 0 saturated heterocycles. The molecule has 10 heteroatoms. The standard InChI is InChI=1S/C25H25N5O4S/c1-16-21(23(32)30(29(16)3)19-12-8-5-9-13-19)28-22(31)17(2)34-24(33)20-15-35-25(27-20)26-14-18-10-6-4-7-11-18/h4-13,15,17H,14H2,1-3H3,(H,26,27)(H,28,31)/t17-/m0/s1. The maximum absolute atomic E-state index is 13.0. The molecule has 0 spiro atoms. The van der Waals surface area contributed by atoms with E-state index in [1.54, 1.807) is 36.2 Å². The largest absolute Gasteiger partial charge is 0.448 e. The molecule has 4 aromatic rings. The van der Waals surface area contributed by atoms with E-state index in [9.17, 15) is 14.4 Å². The molecule has 180 valence electrons. The van der Waals surface area contributed by atoms with Crippen LogP contribution >= 0.6 is 11.3 Å². The molecule has 2 aromatic heterocycles. The number of anilines is 2. The van der Waals surface area contributed by atoms with Gasteiger partial charge in [0.15, 0.2) is 16.9 Å². The summed E-state index contributed by atoms with van der Waals surface area (Å²) in [4.78, 5) is 42.5. The van der Waals surface area contributed by atoms with Gasteiger partial charge in [0.25, 0.3) is 11.5 Å². The number of hydrogen-bond donors (Lipinski definition) is 2. The molecule has 0 fully saturated rings. The summed E-state index contributed by atoms with van der Waals surface area (Å²) >= 11 is 1.27. The Kier molecular flexibility index (Phi) is 7.11. The summed E-state index contributed by atoms with van der Waals surface area (Å²) in [5, 5.41) is 7.91. The lowest BCUT2D eigenvalue weighted by Gasteiger charge is -2.12. The van der Waals surface area contributed by atoms with Crippen molar-refractivity contribution in [2.45, 2.75) is 26.5 Å². The number of carbonyl (C=O) groups excluding carboxylic acids is 2. The van der Waals surface area contributed by atoms with E-state index in [0.717, 1.165) is 5.56 Å². The van der Waals surface area contributed by atoms with E-state index in [1.807, 2.05) is 48.5 Å². The number of nitrogens with zero attached hydrogens (tertiary/aromatic N) is 3. The van der Waals surface area contributed by atoms with Crippen molar-refractivity contribution in [1.29, 1.82) is 0 Å². The second kappa shape index (κ2) is 10.4. The highest BCUT2D eigenvalue weighted by Gasteiger charge is 2.24. The Hall–Kier alpha value is -4.18. The molecule has 0 aliphatic carbocycles. The van der Waals surface area contributed by atoms with E-state index in [4.69, 9.17) is 4.74 Å². The Bertz CT molecular complexity index is 1390. The zero-order valence-electron chi connectivity index (χ0n) is 19.5. The highest BCUT2D eigenvalue weighted by atomic mass is 32.1. The fraction of sp³-hybridized carbons (Fsp3) is 0.200. The number of esters is 1. The average molecular weight is 492 g/mol. The van der Waals surface area contributed by atoms with Gasteiger partial charge in [-0.1, -0.05) is 48.5 Å². The van der Waals surface area contributed by atoms with Gasteiger partial charge in [0.2, 0.25) is 0 Å². The number of amides is 1. The zero-order valence-corrected chi connectivity index (χ0v) is 20.3. The second-order valence-electron chi connectivity index (χ2n) is 7.85. The van der Waals surface area contributed by atoms with E-state index < -0.39 is 18.0 Å². The molecule has 2 aromatic carbocycles. The van der Waals surface area contributed by atoms with Crippen LogP contribution in [0.2, 0.25) is 0 Å². The van der Waals surface area contributed by atoms with Crippen LogP contribution in [0.15, 0.2) is 70.8 Å². The van der Waals surface area contributed by atoms with Crippen molar-refractivity contribution in [3.05, 3.63) is 93.3 Å². The first-order valence-electron chi connectivity index (χ1n) is 10.9. The quantitative estimate of drug-likeness (QED) is 0.364. The summed E-state index contributed by atoms with van der Waals surface area (Å²) in [5.41, 5.74) is 2.18. The van der Waals surface area contributed by atoms with Crippen LogP contribution in [0.3, 0.4) is 0 Å². The fourth-order valence-corrected chi connectivity index (χ4v) is 4.11. The molecule has 0 saturated carbocycles. The normalized spacial score (nSPS) is 11.6. The Balaban J connectivity index is 1.39. The number of nitrogens with one attached hydrogen (secondary N) is 2. The molecular formula is C25H25N5O4S. The Morgan fingerprint density at radius 3 is 2.43 bits per heavy atom. The Morgan fingerprint density at radius 1 is 1.09 bits per heavy atom. The van der Waals surface area contributed by atoms with Crippen molar-refractivity contribution in [1.82, 2.24) is 14.3 Å². The third-order valence-electron chi connectivity index (χ3n) is 5.46. The Morgan fingerprint density at radius 2 is 1.74 bits per heavy atom. The minimum absolute atomic E-state index is 0.104. The number of carbonyl (C=O) groups is 2. The van der Waals surface area contributed by atoms with Gasteiger partial charge >= 0.3 is 5.97 Å². The average Bonchev–Trinajstić information content (AvgIpc) is 3.43. The highest BCUT2D eigenvalue weighted by Crippen LogP contribution is 2.18. The van der Waals surface area contributed by atoms with Crippen molar-refractivity contribution in [2.75, 3.05) is 10.6 Å². The van der Waals surface area contributed by atoms with E-state index in [-0.39, 0.29) is 16.9 Å². The minimum atomic E-state index is -1.13. The van der Waals surface area contributed by atoms with Gasteiger partial charge in [0, 0.05) is 19.0 Å². The van der Waals surface area contributed by atoms with E-state index in [1.165, 1.54) is 22.9 Å². The monoisotopic (exact) mass is 491 g/mol. The van der Waals surface area contributed by atoms with Gasteiger partial charge in [0.1, 0.15) is 5.69 Å². The number of ether oxygens (including phenoxy) is 1. The fourth-order valence-electron chi connectivity index (χ4n) is 3.43. The summed E-state index contributed by atoms with van der Waals surface area (Å²) in [6, 6.07) is 18.9. The molecule has 0 radical (unpaired) electrons. The topological polar surface area (TPSA) is 107 Å². The third-order valence-corrected chi connectivity index (χ3v) is 6.26. The van der Waals surface area contributed by atoms with Crippen LogP contribution in [0.1, 0.15) is 28.7 Å². The van der Waals surface area contributed by atoms with Crippen LogP contribution in [0, 0.1) is 6.92 Å². The maximum Gasteiger partial charge on any atom is 0.358 e. The van der Waals surface area contributed by atoms with Crippen molar-refractivity contribution >= 4 is 34.0 Å². The highest BCUT2D eigenvalue weighted by molar-refractivity contribution is 7.13. The summed E-state index contributed by atoms with van der Waals surface area (Å²) in [6.07, 6.45) is -1.13. The maximum atomic E-state index is 13.0. The SMILES string of the molecule is Cc1c(NC(=O)[C@H](C)OC(=O)c2csc(NCc3ccccc3)n2)c(=O)n(-c2ccccc2)n1C. The first-order chi connectivity index (χ1) is 16.8. The predicted molar refractivity (Wildman–Crippen MR) is 135 cm³/mol. The molecule has 2 heterocycles. The van der Waals surface area contributed by atoms with E-state index in [0.29, 0.717) is 23.1 Å². The molecule has 0 aliphatic rings. The summed E-state index contributed by atoms with van der Waals surface area (Å²) in [7, 11) is 1.73. The first-order valence-corrected chi connectivity index (χ1v) is 11.8.